The van der Waals surface area contributed by atoms with Crippen LogP contribution in [0.3, 0.4) is 0 Å². The molecule has 29 heavy (non-hydrogen) atoms. The van der Waals surface area contributed by atoms with Crippen LogP contribution >= 0.6 is 11.8 Å². The number of hydrogen-bond donors (Lipinski definition) is 1. The molecule has 0 saturated carbocycles. The number of carbonyl (C=O) groups excluding carboxylic acids is 1. The SMILES string of the molecule is Cc1c(C(=O)Nc2ccnc(Sc3ccccn3)c2)cc([N+](=O)[O-])cc1[N+](=O)[O-]. The number of carbonyl (C=O) groups is 1. The van der Waals surface area contributed by atoms with Gasteiger partial charge in [-0.05, 0) is 31.2 Å². The fourth-order valence-corrected chi connectivity index (χ4v) is 3.24. The number of nitrogens with zero attached hydrogens (tertiary/aromatic N) is 4. The Labute approximate surface area is 168 Å². The Morgan fingerprint density at radius 3 is 2.41 bits per heavy atom. The summed E-state index contributed by atoms with van der Waals surface area (Å²) >= 11 is 1.29. The first-order valence-electron chi connectivity index (χ1n) is 8.15. The smallest absolute Gasteiger partial charge is 0.279 e. The number of benzene rings is 1. The highest BCUT2D eigenvalue weighted by atomic mass is 32.2. The first-order chi connectivity index (χ1) is 13.8. The van der Waals surface area contributed by atoms with E-state index in [-0.39, 0.29) is 11.1 Å². The number of nitro benzene ring substituents is 2. The van der Waals surface area contributed by atoms with Crippen molar-refractivity contribution in [3.8, 4) is 0 Å². The zero-order chi connectivity index (χ0) is 21.0. The maximum absolute atomic E-state index is 12.7. The Bertz CT molecular complexity index is 1110. The Morgan fingerprint density at radius 2 is 1.76 bits per heavy atom. The van der Waals surface area contributed by atoms with E-state index < -0.39 is 27.1 Å². The van der Waals surface area contributed by atoms with Crippen molar-refractivity contribution in [2.45, 2.75) is 17.0 Å². The lowest BCUT2D eigenvalue weighted by molar-refractivity contribution is -0.394. The van der Waals surface area contributed by atoms with Gasteiger partial charge in [0.1, 0.15) is 10.1 Å². The number of aromatic nitrogens is 2. The average molecular weight is 411 g/mol. The van der Waals surface area contributed by atoms with Gasteiger partial charge in [-0.15, -0.1) is 0 Å². The highest BCUT2D eigenvalue weighted by Crippen LogP contribution is 2.29. The van der Waals surface area contributed by atoms with E-state index in [4.69, 9.17) is 0 Å². The molecule has 1 aromatic carbocycles. The highest BCUT2D eigenvalue weighted by molar-refractivity contribution is 7.99. The monoisotopic (exact) mass is 411 g/mol. The molecule has 0 aliphatic rings. The van der Waals surface area contributed by atoms with E-state index in [0.29, 0.717) is 15.7 Å². The molecular formula is C18H13N5O5S. The van der Waals surface area contributed by atoms with Crippen LogP contribution in [-0.2, 0) is 0 Å². The quantitative estimate of drug-likeness (QED) is 0.474. The number of pyridine rings is 2. The number of amides is 1. The first kappa shape index (κ1) is 19.9. The van der Waals surface area contributed by atoms with Gasteiger partial charge in [0, 0.05) is 29.7 Å². The summed E-state index contributed by atoms with van der Waals surface area (Å²) in [5.74, 6) is -0.700. The van der Waals surface area contributed by atoms with E-state index in [9.17, 15) is 25.0 Å². The molecule has 11 heteroatoms. The number of anilines is 1. The van der Waals surface area contributed by atoms with Crippen molar-refractivity contribution in [2.24, 2.45) is 0 Å². The number of hydrogen-bond acceptors (Lipinski definition) is 8. The van der Waals surface area contributed by atoms with E-state index in [1.165, 1.54) is 24.9 Å². The van der Waals surface area contributed by atoms with Crippen LogP contribution in [0.2, 0.25) is 0 Å². The van der Waals surface area contributed by atoms with Gasteiger partial charge in [-0.2, -0.15) is 0 Å². The molecule has 1 amide bonds. The molecule has 0 atom stereocenters. The number of nitro groups is 2. The van der Waals surface area contributed by atoms with Gasteiger partial charge < -0.3 is 5.32 Å². The highest BCUT2D eigenvalue weighted by Gasteiger charge is 2.24. The van der Waals surface area contributed by atoms with Crippen LogP contribution in [-0.4, -0.2) is 25.7 Å². The largest absolute Gasteiger partial charge is 0.322 e. The second-order valence-corrected chi connectivity index (χ2v) is 6.80. The van der Waals surface area contributed by atoms with Crippen molar-refractivity contribution >= 4 is 34.7 Å². The second kappa shape index (κ2) is 8.44. The van der Waals surface area contributed by atoms with Crippen LogP contribution in [0.1, 0.15) is 15.9 Å². The molecule has 0 fully saturated rings. The van der Waals surface area contributed by atoms with Gasteiger partial charge in [-0.3, -0.25) is 25.0 Å². The standard InChI is InChI=1S/C18H13N5O5S/c1-11-14(9-13(22(25)26)10-15(11)23(27)28)18(24)21-12-5-7-20-17(8-12)29-16-4-2-3-6-19-16/h2-10H,1H3,(H,20,21,24). The van der Waals surface area contributed by atoms with E-state index in [2.05, 4.69) is 15.3 Å². The molecule has 3 aromatic rings. The molecule has 0 unspecified atom stereocenters. The van der Waals surface area contributed by atoms with Gasteiger partial charge in [0.25, 0.3) is 17.3 Å². The molecular weight excluding hydrogens is 398 g/mol. The predicted octanol–water partition coefficient (Wildman–Crippen LogP) is 4.00. The summed E-state index contributed by atoms with van der Waals surface area (Å²) < 4.78 is 0. The molecule has 0 bridgehead atoms. The Morgan fingerprint density at radius 1 is 1.00 bits per heavy atom. The van der Waals surface area contributed by atoms with E-state index in [1.807, 2.05) is 12.1 Å². The summed E-state index contributed by atoms with van der Waals surface area (Å²) in [6.07, 6.45) is 3.13. The molecule has 2 aromatic heterocycles. The summed E-state index contributed by atoms with van der Waals surface area (Å²) in [6, 6.07) is 10.4. The minimum Gasteiger partial charge on any atom is -0.322 e. The third-order valence-electron chi connectivity index (χ3n) is 3.86. The van der Waals surface area contributed by atoms with Gasteiger partial charge in [-0.25, -0.2) is 9.97 Å². The summed E-state index contributed by atoms with van der Waals surface area (Å²) in [7, 11) is 0. The van der Waals surface area contributed by atoms with Crippen molar-refractivity contribution in [1.29, 1.82) is 0 Å². The molecule has 0 saturated heterocycles. The van der Waals surface area contributed by atoms with Crippen LogP contribution in [0, 0.1) is 27.2 Å². The fourth-order valence-electron chi connectivity index (χ4n) is 2.47. The molecule has 1 N–H and O–H groups in total. The summed E-state index contributed by atoms with van der Waals surface area (Å²) in [5.41, 5.74) is -0.757. The van der Waals surface area contributed by atoms with Gasteiger partial charge in [0.15, 0.2) is 0 Å². The fraction of sp³-hybridized carbons (Fsp3) is 0.0556. The van der Waals surface area contributed by atoms with Crippen LogP contribution in [0.5, 0.6) is 0 Å². The molecule has 0 spiro atoms. The third-order valence-corrected chi connectivity index (χ3v) is 4.74. The van der Waals surface area contributed by atoms with Crippen molar-refractivity contribution in [2.75, 3.05) is 5.32 Å². The Kier molecular flexibility index (Phi) is 5.79. The van der Waals surface area contributed by atoms with Gasteiger partial charge in [0.2, 0.25) is 0 Å². The van der Waals surface area contributed by atoms with Gasteiger partial charge in [0.05, 0.1) is 21.5 Å². The predicted molar refractivity (Wildman–Crippen MR) is 105 cm³/mol. The molecule has 10 nitrogen and oxygen atoms in total. The number of non-ortho nitro benzene ring substituents is 1. The van der Waals surface area contributed by atoms with Crippen LogP contribution in [0.4, 0.5) is 17.1 Å². The number of rotatable bonds is 6. The van der Waals surface area contributed by atoms with Crippen molar-refractivity contribution in [3.05, 3.63) is 86.2 Å². The first-order valence-corrected chi connectivity index (χ1v) is 8.96. The Hall–Kier alpha value is -3.86. The molecule has 146 valence electrons. The second-order valence-electron chi connectivity index (χ2n) is 5.76. The van der Waals surface area contributed by atoms with Crippen LogP contribution in [0.15, 0.2) is 64.9 Å². The van der Waals surface area contributed by atoms with Gasteiger partial charge in [-0.1, -0.05) is 17.8 Å². The molecule has 3 rings (SSSR count). The lowest BCUT2D eigenvalue weighted by Crippen LogP contribution is -2.15. The minimum atomic E-state index is -0.780. The third kappa shape index (κ3) is 4.71. The lowest BCUT2D eigenvalue weighted by atomic mass is 10.0. The molecule has 2 heterocycles. The minimum absolute atomic E-state index is 0.0373. The maximum Gasteiger partial charge on any atom is 0.279 e. The van der Waals surface area contributed by atoms with Crippen LogP contribution < -0.4 is 5.32 Å². The van der Waals surface area contributed by atoms with E-state index in [1.54, 1.807) is 24.4 Å². The van der Waals surface area contributed by atoms with E-state index >= 15 is 0 Å². The molecule has 0 aliphatic carbocycles. The van der Waals surface area contributed by atoms with Crippen molar-refractivity contribution in [3.63, 3.8) is 0 Å². The van der Waals surface area contributed by atoms with Crippen molar-refractivity contribution in [1.82, 2.24) is 9.97 Å². The Balaban J connectivity index is 1.88. The van der Waals surface area contributed by atoms with E-state index in [0.717, 1.165) is 12.1 Å². The topological polar surface area (TPSA) is 141 Å². The maximum atomic E-state index is 12.7. The number of nitrogens with one attached hydrogen (secondary N) is 1. The van der Waals surface area contributed by atoms with Crippen molar-refractivity contribution < 1.29 is 14.6 Å². The zero-order valence-corrected chi connectivity index (χ0v) is 15.8. The molecule has 0 radical (unpaired) electrons. The normalized spacial score (nSPS) is 10.4. The van der Waals surface area contributed by atoms with Crippen LogP contribution in [0.25, 0.3) is 0 Å². The summed E-state index contributed by atoms with van der Waals surface area (Å²) in [6.45, 7) is 1.37. The van der Waals surface area contributed by atoms with Gasteiger partial charge >= 0.3 is 0 Å². The summed E-state index contributed by atoms with van der Waals surface area (Å²) in [4.78, 5) is 41.8. The molecule has 0 aliphatic heterocycles. The summed E-state index contributed by atoms with van der Waals surface area (Å²) in [5, 5.41) is 26.1. The zero-order valence-electron chi connectivity index (χ0n) is 14.9. The average Bonchev–Trinajstić information content (AvgIpc) is 2.68. The lowest BCUT2D eigenvalue weighted by Gasteiger charge is -2.09.